The smallest absolute Gasteiger partial charge is 0.233 e. The van der Waals surface area contributed by atoms with Gasteiger partial charge in [-0.15, -0.1) is 10.2 Å². The molecule has 7 heteroatoms. The van der Waals surface area contributed by atoms with Crippen LogP contribution in [0.3, 0.4) is 0 Å². The molecule has 1 aromatic carbocycles. The number of nitrogens with zero attached hydrogens (tertiary/aromatic N) is 2. The van der Waals surface area contributed by atoms with Crippen molar-refractivity contribution in [3.63, 3.8) is 0 Å². The Balaban J connectivity index is 1.57. The summed E-state index contributed by atoms with van der Waals surface area (Å²) in [5.74, 6) is -0.695. The maximum Gasteiger partial charge on any atom is 0.233 e. The van der Waals surface area contributed by atoms with Crippen LogP contribution in [-0.2, 0) is 6.61 Å². The van der Waals surface area contributed by atoms with Gasteiger partial charge in [0, 0.05) is 12.1 Å². The molecule has 0 saturated carbocycles. The molecule has 2 aromatic rings. The van der Waals surface area contributed by atoms with Crippen LogP contribution in [0.15, 0.2) is 30.3 Å². The number of benzene rings is 1. The number of rotatable bonds is 5. The summed E-state index contributed by atoms with van der Waals surface area (Å²) in [6.45, 7) is 1.60. The third-order valence-corrected chi connectivity index (χ3v) is 3.62. The van der Waals surface area contributed by atoms with Crippen LogP contribution in [0.1, 0.15) is 18.4 Å². The first-order chi connectivity index (χ1) is 11.2. The fourth-order valence-electron chi connectivity index (χ4n) is 2.35. The third kappa shape index (κ3) is 4.13. The standard InChI is InChI=1S/C16H17F2N3O2/c17-13-2-1-3-14(18)12(13)10-22-15-4-5-16(21-20-15)23-11-6-8-19-9-7-11/h1-5,11,19H,6-10H2. The summed E-state index contributed by atoms with van der Waals surface area (Å²) in [6, 6.07) is 6.89. The summed E-state index contributed by atoms with van der Waals surface area (Å²) in [6.07, 6.45) is 1.98. The Morgan fingerprint density at radius 2 is 1.65 bits per heavy atom. The average molecular weight is 321 g/mol. The first-order valence-corrected chi connectivity index (χ1v) is 7.49. The predicted molar refractivity (Wildman–Crippen MR) is 79.2 cm³/mol. The van der Waals surface area contributed by atoms with Gasteiger partial charge in [0.15, 0.2) is 0 Å². The normalized spacial score (nSPS) is 15.4. The van der Waals surface area contributed by atoms with Crippen LogP contribution in [0.5, 0.6) is 11.8 Å². The molecule has 1 aliphatic rings. The van der Waals surface area contributed by atoms with Gasteiger partial charge in [-0.3, -0.25) is 0 Å². The fraction of sp³-hybridized carbons (Fsp3) is 0.375. The number of aromatic nitrogens is 2. The van der Waals surface area contributed by atoms with E-state index in [1.165, 1.54) is 18.2 Å². The van der Waals surface area contributed by atoms with Crippen molar-refractivity contribution >= 4 is 0 Å². The molecule has 0 unspecified atom stereocenters. The lowest BCUT2D eigenvalue weighted by molar-refractivity contribution is 0.153. The monoisotopic (exact) mass is 321 g/mol. The van der Waals surface area contributed by atoms with E-state index in [1.54, 1.807) is 12.1 Å². The Labute approximate surface area is 132 Å². The molecule has 0 bridgehead atoms. The van der Waals surface area contributed by atoms with E-state index >= 15 is 0 Å². The quantitative estimate of drug-likeness (QED) is 0.917. The zero-order valence-electron chi connectivity index (χ0n) is 12.5. The fourth-order valence-corrected chi connectivity index (χ4v) is 2.35. The molecule has 122 valence electrons. The Bertz CT molecular complexity index is 626. The molecule has 23 heavy (non-hydrogen) atoms. The van der Waals surface area contributed by atoms with Crippen LogP contribution >= 0.6 is 0 Å². The predicted octanol–water partition coefficient (Wildman–Crippen LogP) is 2.46. The van der Waals surface area contributed by atoms with Gasteiger partial charge >= 0.3 is 0 Å². The first-order valence-electron chi connectivity index (χ1n) is 7.49. The van der Waals surface area contributed by atoms with Crippen molar-refractivity contribution in [1.82, 2.24) is 15.5 Å². The molecule has 0 spiro atoms. The van der Waals surface area contributed by atoms with Crippen LogP contribution < -0.4 is 14.8 Å². The van der Waals surface area contributed by atoms with E-state index in [0.717, 1.165) is 25.9 Å². The minimum absolute atomic E-state index is 0.129. The van der Waals surface area contributed by atoms with Gasteiger partial charge in [-0.05, 0) is 38.1 Å². The molecule has 0 amide bonds. The van der Waals surface area contributed by atoms with E-state index in [4.69, 9.17) is 9.47 Å². The molecule has 1 aromatic heterocycles. The molecule has 1 saturated heterocycles. The highest BCUT2D eigenvalue weighted by Crippen LogP contribution is 2.18. The van der Waals surface area contributed by atoms with Gasteiger partial charge < -0.3 is 14.8 Å². The molecule has 0 aliphatic carbocycles. The first kappa shape index (κ1) is 15.6. The van der Waals surface area contributed by atoms with Gasteiger partial charge in [0.25, 0.3) is 0 Å². The molecule has 2 heterocycles. The third-order valence-electron chi connectivity index (χ3n) is 3.62. The number of ether oxygens (including phenoxy) is 2. The van der Waals surface area contributed by atoms with Crippen molar-refractivity contribution in [3.8, 4) is 11.8 Å². The van der Waals surface area contributed by atoms with E-state index < -0.39 is 11.6 Å². The zero-order chi connectivity index (χ0) is 16.1. The van der Waals surface area contributed by atoms with Crippen LogP contribution in [0.25, 0.3) is 0 Å². The Morgan fingerprint density at radius 3 is 2.30 bits per heavy atom. The van der Waals surface area contributed by atoms with Crippen molar-refractivity contribution in [2.75, 3.05) is 13.1 Å². The Morgan fingerprint density at radius 1 is 1.00 bits per heavy atom. The van der Waals surface area contributed by atoms with Crippen molar-refractivity contribution in [2.45, 2.75) is 25.6 Å². The SMILES string of the molecule is Fc1cccc(F)c1COc1ccc(OC2CCNCC2)nn1. The van der Waals surface area contributed by atoms with Crippen molar-refractivity contribution in [1.29, 1.82) is 0 Å². The molecule has 3 rings (SSSR count). The lowest BCUT2D eigenvalue weighted by Crippen LogP contribution is -2.34. The lowest BCUT2D eigenvalue weighted by atomic mass is 10.1. The number of hydrogen-bond donors (Lipinski definition) is 1. The van der Waals surface area contributed by atoms with Crippen LogP contribution in [0.4, 0.5) is 8.78 Å². The summed E-state index contributed by atoms with van der Waals surface area (Å²) < 4.78 is 38.0. The van der Waals surface area contributed by atoms with Crippen molar-refractivity contribution in [3.05, 3.63) is 47.5 Å². The Kier molecular flexibility index (Phi) is 4.97. The summed E-state index contributed by atoms with van der Waals surface area (Å²) in [4.78, 5) is 0. The number of hydrogen-bond acceptors (Lipinski definition) is 5. The van der Waals surface area contributed by atoms with Gasteiger partial charge in [-0.2, -0.15) is 0 Å². The van der Waals surface area contributed by atoms with E-state index in [-0.39, 0.29) is 24.2 Å². The van der Waals surface area contributed by atoms with Gasteiger partial charge in [0.05, 0.1) is 5.56 Å². The molecule has 0 atom stereocenters. The molecule has 1 N–H and O–H groups in total. The van der Waals surface area contributed by atoms with Gasteiger partial charge in [-0.1, -0.05) is 6.07 Å². The van der Waals surface area contributed by atoms with Crippen molar-refractivity contribution in [2.24, 2.45) is 0 Å². The van der Waals surface area contributed by atoms with E-state index in [1.807, 2.05) is 0 Å². The molecular formula is C16H17F2N3O2. The lowest BCUT2D eigenvalue weighted by Gasteiger charge is -2.22. The Hall–Kier alpha value is -2.28. The zero-order valence-corrected chi connectivity index (χ0v) is 12.5. The topological polar surface area (TPSA) is 56.3 Å². The van der Waals surface area contributed by atoms with E-state index in [2.05, 4.69) is 15.5 Å². The second-order valence-corrected chi connectivity index (χ2v) is 5.27. The van der Waals surface area contributed by atoms with Crippen molar-refractivity contribution < 1.29 is 18.3 Å². The van der Waals surface area contributed by atoms with Crippen LogP contribution in [-0.4, -0.2) is 29.4 Å². The number of piperidine rings is 1. The van der Waals surface area contributed by atoms with Gasteiger partial charge in [-0.25, -0.2) is 8.78 Å². The summed E-state index contributed by atoms with van der Waals surface area (Å²) in [7, 11) is 0. The second-order valence-electron chi connectivity index (χ2n) is 5.27. The van der Waals surface area contributed by atoms with E-state index in [9.17, 15) is 8.78 Å². The number of halogens is 2. The summed E-state index contributed by atoms with van der Waals surface area (Å²) in [5, 5.41) is 11.0. The average Bonchev–Trinajstić information content (AvgIpc) is 2.57. The second kappa shape index (κ2) is 7.32. The van der Waals surface area contributed by atoms with Gasteiger partial charge in [0.2, 0.25) is 11.8 Å². The largest absolute Gasteiger partial charge is 0.473 e. The molecule has 5 nitrogen and oxygen atoms in total. The maximum absolute atomic E-state index is 13.5. The number of nitrogens with one attached hydrogen (secondary N) is 1. The summed E-state index contributed by atoms with van der Waals surface area (Å²) >= 11 is 0. The molecule has 1 fully saturated rings. The maximum atomic E-state index is 13.5. The van der Waals surface area contributed by atoms with Crippen LogP contribution in [0, 0.1) is 11.6 Å². The highest BCUT2D eigenvalue weighted by atomic mass is 19.1. The van der Waals surface area contributed by atoms with E-state index in [0.29, 0.717) is 5.88 Å². The minimum atomic E-state index is -0.649. The minimum Gasteiger partial charge on any atom is -0.473 e. The molecule has 1 aliphatic heterocycles. The molecule has 0 radical (unpaired) electrons. The summed E-state index contributed by atoms with van der Waals surface area (Å²) in [5.41, 5.74) is -0.135. The highest BCUT2D eigenvalue weighted by Gasteiger charge is 2.15. The molecular weight excluding hydrogens is 304 g/mol. The highest BCUT2D eigenvalue weighted by molar-refractivity contribution is 5.20. The van der Waals surface area contributed by atoms with Crippen LogP contribution in [0.2, 0.25) is 0 Å². The van der Waals surface area contributed by atoms with Gasteiger partial charge in [0.1, 0.15) is 24.3 Å².